The highest BCUT2D eigenvalue weighted by atomic mass is 19.4. The minimum Gasteiger partial charge on any atom is -0.366 e. The maximum Gasteiger partial charge on any atom is 0.405 e. The quantitative estimate of drug-likeness (QED) is 0.133. The van der Waals surface area contributed by atoms with Gasteiger partial charge in [0.25, 0.3) is 5.69 Å². The van der Waals surface area contributed by atoms with E-state index in [0.717, 1.165) is 9.80 Å². The van der Waals surface area contributed by atoms with Crippen LogP contribution in [0.15, 0.2) is 72.8 Å². The van der Waals surface area contributed by atoms with Crippen molar-refractivity contribution in [1.29, 1.82) is 0 Å². The van der Waals surface area contributed by atoms with Crippen molar-refractivity contribution < 1.29 is 36.0 Å². The van der Waals surface area contributed by atoms with E-state index in [9.17, 15) is 36.5 Å². The highest BCUT2D eigenvalue weighted by Crippen LogP contribution is 2.41. The Bertz CT molecular complexity index is 1160. The number of nitro benzene ring substituents is 1. The van der Waals surface area contributed by atoms with Gasteiger partial charge in [-0.3, -0.25) is 10.1 Å². The van der Waals surface area contributed by atoms with Crippen molar-refractivity contribution >= 4 is 17.1 Å². The van der Waals surface area contributed by atoms with Crippen LogP contribution in [0.5, 0.6) is 0 Å². The monoisotopic (exact) mass is 541 g/mol. The molecule has 3 rings (SSSR count). The average Bonchev–Trinajstić information content (AvgIpc) is 2.84. The summed E-state index contributed by atoms with van der Waals surface area (Å²) in [5, 5.41) is 11.2. The molecule has 0 saturated heterocycles. The molecule has 0 bridgehead atoms. The van der Waals surface area contributed by atoms with Crippen molar-refractivity contribution in [3.8, 4) is 0 Å². The molecule has 0 saturated carbocycles. The highest BCUT2D eigenvalue weighted by Gasteiger charge is 2.38. The number of hydrogen-bond acceptors (Lipinski definition) is 5. The van der Waals surface area contributed by atoms with Crippen LogP contribution in [0.1, 0.15) is 16.7 Å². The van der Waals surface area contributed by atoms with Crippen LogP contribution in [-0.2, 0) is 10.3 Å². The molecule has 204 valence electrons. The summed E-state index contributed by atoms with van der Waals surface area (Å²) in [6.45, 7) is -2.31. The van der Waals surface area contributed by atoms with Gasteiger partial charge in [-0.25, -0.2) is 0 Å². The van der Waals surface area contributed by atoms with Crippen LogP contribution >= 0.6 is 0 Å². The molecule has 0 unspecified atom stereocenters. The van der Waals surface area contributed by atoms with Gasteiger partial charge in [-0.05, 0) is 53.1 Å². The number of nitrogens with zero attached hydrogens (tertiary/aromatic N) is 3. The Morgan fingerprint density at radius 1 is 0.684 bits per heavy atom. The van der Waals surface area contributed by atoms with E-state index in [-0.39, 0.29) is 5.69 Å². The number of benzene rings is 3. The van der Waals surface area contributed by atoms with Crippen LogP contribution in [0.4, 0.5) is 43.4 Å². The predicted octanol–water partition coefficient (Wildman–Crippen LogP) is 6.53. The fourth-order valence-electron chi connectivity index (χ4n) is 4.29. The summed E-state index contributed by atoms with van der Waals surface area (Å²) >= 11 is 0. The molecule has 38 heavy (non-hydrogen) atoms. The van der Waals surface area contributed by atoms with Gasteiger partial charge in [0, 0.05) is 44.7 Å². The van der Waals surface area contributed by atoms with Crippen LogP contribution in [0.3, 0.4) is 0 Å². The van der Waals surface area contributed by atoms with Crippen molar-refractivity contribution in [2.24, 2.45) is 0 Å². The fourth-order valence-corrected chi connectivity index (χ4v) is 4.29. The van der Waals surface area contributed by atoms with Gasteiger partial charge in [-0.15, -0.1) is 0 Å². The molecule has 0 spiro atoms. The lowest BCUT2D eigenvalue weighted by molar-refractivity contribution is -0.384. The number of methoxy groups -OCH3 is 1. The third-order valence-corrected chi connectivity index (χ3v) is 6.05. The topological polar surface area (TPSA) is 58.8 Å². The maximum atomic E-state index is 12.9. The zero-order chi connectivity index (χ0) is 28.3. The molecule has 0 aliphatic heterocycles. The van der Waals surface area contributed by atoms with Crippen LogP contribution < -0.4 is 9.80 Å². The van der Waals surface area contributed by atoms with E-state index in [1.54, 1.807) is 24.3 Å². The maximum absolute atomic E-state index is 12.9. The van der Waals surface area contributed by atoms with E-state index in [1.807, 2.05) is 0 Å². The van der Waals surface area contributed by atoms with Crippen molar-refractivity contribution in [1.82, 2.24) is 0 Å². The van der Waals surface area contributed by atoms with Gasteiger partial charge in [0.1, 0.15) is 18.7 Å². The number of anilines is 2. The average molecular weight is 541 g/mol. The van der Waals surface area contributed by atoms with Crippen molar-refractivity contribution in [3.05, 3.63) is 99.6 Å². The molecule has 6 nitrogen and oxygen atoms in total. The van der Waals surface area contributed by atoms with Crippen molar-refractivity contribution in [3.63, 3.8) is 0 Å². The minimum atomic E-state index is -4.40. The first kappa shape index (κ1) is 28.8. The summed E-state index contributed by atoms with van der Waals surface area (Å²) in [6.07, 6.45) is -8.80. The van der Waals surface area contributed by atoms with Crippen molar-refractivity contribution in [2.45, 2.75) is 18.0 Å². The molecular weight excluding hydrogens is 516 g/mol. The molecule has 0 fully saturated rings. The molecule has 0 amide bonds. The molecule has 3 aromatic carbocycles. The van der Waals surface area contributed by atoms with Crippen LogP contribution in [0.2, 0.25) is 0 Å². The molecule has 0 aromatic heterocycles. The van der Waals surface area contributed by atoms with Crippen LogP contribution in [0.25, 0.3) is 0 Å². The minimum absolute atomic E-state index is 0.160. The second-order valence-corrected chi connectivity index (χ2v) is 8.73. The summed E-state index contributed by atoms with van der Waals surface area (Å²) < 4.78 is 83.1. The van der Waals surface area contributed by atoms with E-state index in [4.69, 9.17) is 4.74 Å². The molecule has 0 radical (unpaired) electrons. The third-order valence-electron chi connectivity index (χ3n) is 6.05. The van der Waals surface area contributed by atoms with Gasteiger partial charge in [0.15, 0.2) is 0 Å². The molecule has 0 aliphatic rings. The number of hydrogen-bond donors (Lipinski definition) is 0. The highest BCUT2D eigenvalue weighted by molar-refractivity contribution is 5.56. The summed E-state index contributed by atoms with van der Waals surface area (Å²) in [5.74, 6) is 0. The standard InChI is InChI=1S/C26H25F6N3O3/c1-33(16-24(27,28)29)21-10-4-18(5-11-21)26(38-3,20-8-14-23(15-9-20)35(36)37)19-6-12-22(13-7-19)34(2)17-25(30,31)32/h4-15H,16-17H2,1-3H3. The Labute approximate surface area is 215 Å². The number of alkyl halides is 6. The van der Waals surface area contributed by atoms with E-state index in [0.29, 0.717) is 28.1 Å². The smallest absolute Gasteiger partial charge is 0.366 e. The van der Waals surface area contributed by atoms with Crippen molar-refractivity contribution in [2.75, 3.05) is 44.1 Å². The summed E-state index contributed by atoms with van der Waals surface area (Å²) in [7, 11) is 4.01. The number of ether oxygens (including phenoxy) is 1. The lowest BCUT2D eigenvalue weighted by atomic mass is 9.80. The van der Waals surface area contributed by atoms with Crippen LogP contribution in [-0.4, -0.2) is 51.6 Å². The van der Waals surface area contributed by atoms with E-state index in [2.05, 4.69) is 0 Å². The Hall–Kier alpha value is -3.80. The summed E-state index contributed by atoms with van der Waals surface area (Å²) in [6, 6.07) is 17.9. The largest absolute Gasteiger partial charge is 0.405 e. The first-order valence-corrected chi connectivity index (χ1v) is 11.2. The second-order valence-electron chi connectivity index (χ2n) is 8.73. The normalized spacial score (nSPS) is 12.3. The Balaban J connectivity index is 2.10. The Kier molecular flexibility index (Phi) is 8.25. The molecule has 0 heterocycles. The first-order valence-electron chi connectivity index (χ1n) is 11.2. The summed E-state index contributed by atoms with van der Waals surface area (Å²) in [4.78, 5) is 12.7. The van der Waals surface area contributed by atoms with Gasteiger partial charge < -0.3 is 14.5 Å². The van der Waals surface area contributed by atoms with Gasteiger partial charge in [-0.1, -0.05) is 24.3 Å². The second kappa shape index (κ2) is 10.9. The number of non-ortho nitro benzene ring substituents is 1. The lowest BCUT2D eigenvalue weighted by Crippen LogP contribution is -2.33. The number of nitro groups is 1. The van der Waals surface area contributed by atoms with Gasteiger partial charge in [0.2, 0.25) is 0 Å². The molecule has 0 aliphatic carbocycles. The number of halogens is 6. The Morgan fingerprint density at radius 2 is 1.00 bits per heavy atom. The molecule has 0 atom stereocenters. The molecule has 0 N–H and O–H groups in total. The molecular formula is C26H25F6N3O3. The van der Waals surface area contributed by atoms with E-state index >= 15 is 0 Å². The molecule has 12 heteroatoms. The SMILES string of the molecule is COC(c1ccc(N(C)CC(F)(F)F)cc1)(c1ccc(N(C)CC(F)(F)F)cc1)c1ccc([N+](=O)[O-])cc1. The predicted molar refractivity (Wildman–Crippen MR) is 132 cm³/mol. The zero-order valence-electron chi connectivity index (χ0n) is 20.7. The van der Waals surface area contributed by atoms with Gasteiger partial charge >= 0.3 is 12.4 Å². The molecule has 3 aromatic rings. The van der Waals surface area contributed by atoms with Gasteiger partial charge in [-0.2, -0.15) is 26.3 Å². The first-order chi connectivity index (χ1) is 17.7. The zero-order valence-corrected chi connectivity index (χ0v) is 20.7. The van der Waals surface area contributed by atoms with E-state index < -0.39 is 36.0 Å². The van der Waals surface area contributed by atoms with Gasteiger partial charge in [0.05, 0.1) is 4.92 Å². The lowest BCUT2D eigenvalue weighted by Gasteiger charge is -2.35. The fraction of sp³-hybridized carbons (Fsp3) is 0.308. The third kappa shape index (κ3) is 6.55. The Morgan fingerprint density at radius 3 is 1.26 bits per heavy atom. The van der Waals surface area contributed by atoms with E-state index in [1.165, 1.54) is 69.7 Å². The number of rotatable bonds is 9. The van der Waals surface area contributed by atoms with Crippen LogP contribution in [0, 0.1) is 10.1 Å². The summed E-state index contributed by atoms with van der Waals surface area (Å²) in [5.41, 5.74) is 0.513.